The van der Waals surface area contributed by atoms with E-state index in [1.54, 1.807) is 37.3 Å². The molecule has 140 valence electrons. The number of halogens is 3. The summed E-state index contributed by atoms with van der Waals surface area (Å²) < 4.78 is 39.6. The Morgan fingerprint density at radius 2 is 1.66 bits per heavy atom. The molecule has 0 radical (unpaired) electrons. The maximum Gasteiger partial charge on any atom is 0.416 e. The van der Waals surface area contributed by atoms with Crippen LogP contribution in [-0.2, 0) is 6.18 Å². The second-order valence-corrected chi connectivity index (χ2v) is 6.56. The number of aromatic nitrogens is 2. The SMILES string of the molecule is Cc1cc(-c2cnc3c(n2)-c2ccccc2C3=C(C#N)C#N)cc(C(F)(F)F)c1. The predicted octanol–water partition coefficient (Wildman–Crippen LogP) is 5.30. The molecule has 1 aromatic heterocycles. The molecule has 0 saturated heterocycles. The van der Waals surface area contributed by atoms with Gasteiger partial charge in [-0.25, -0.2) is 4.98 Å². The Bertz CT molecular complexity index is 1260. The number of aryl methyl sites for hydroxylation is 1. The lowest BCUT2D eigenvalue weighted by atomic mass is 10.0. The van der Waals surface area contributed by atoms with Crippen LogP contribution in [0.3, 0.4) is 0 Å². The molecule has 2 aromatic carbocycles. The molecule has 0 amide bonds. The van der Waals surface area contributed by atoms with Crippen LogP contribution in [0.2, 0.25) is 0 Å². The lowest BCUT2D eigenvalue weighted by Gasteiger charge is -2.11. The maximum atomic E-state index is 13.2. The largest absolute Gasteiger partial charge is 0.416 e. The highest BCUT2D eigenvalue weighted by molar-refractivity contribution is 6.01. The molecule has 0 N–H and O–H groups in total. The summed E-state index contributed by atoms with van der Waals surface area (Å²) in [6.45, 7) is 1.59. The molecule has 0 bridgehead atoms. The molecule has 0 fully saturated rings. The molecule has 1 aliphatic rings. The molecule has 0 unspecified atom stereocenters. The fraction of sp³-hybridized carbons (Fsp3) is 0.0909. The number of allylic oxidation sites excluding steroid dienone is 1. The fourth-order valence-electron chi connectivity index (χ4n) is 3.42. The quantitative estimate of drug-likeness (QED) is 0.415. The maximum absolute atomic E-state index is 13.2. The van der Waals surface area contributed by atoms with Gasteiger partial charge >= 0.3 is 6.18 Å². The first-order chi connectivity index (χ1) is 13.8. The van der Waals surface area contributed by atoms with Crippen molar-refractivity contribution in [3.63, 3.8) is 0 Å². The van der Waals surface area contributed by atoms with E-state index in [0.717, 1.165) is 12.1 Å². The van der Waals surface area contributed by atoms with E-state index in [2.05, 4.69) is 9.97 Å². The summed E-state index contributed by atoms with van der Waals surface area (Å²) in [4.78, 5) is 8.91. The van der Waals surface area contributed by atoms with Gasteiger partial charge in [0.1, 0.15) is 17.7 Å². The third-order valence-corrected chi connectivity index (χ3v) is 4.63. The smallest absolute Gasteiger partial charge is 0.252 e. The van der Waals surface area contributed by atoms with Crippen molar-refractivity contribution in [2.45, 2.75) is 13.1 Å². The van der Waals surface area contributed by atoms with Crippen molar-refractivity contribution in [1.82, 2.24) is 9.97 Å². The van der Waals surface area contributed by atoms with Crippen molar-refractivity contribution in [2.75, 3.05) is 0 Å². The summed E-state index contributed by atoms with van der Waals surface area (Å²) in [6, 6.07) is 14.6. The van der Waals surface area contributed by atoms with Gasteiger partial charge in [-0.05, 0) is 36.2 Å². The van der Waals surface area contributed by atoms with Crippen molar-refractivity contribution >= 4 is 5.57 Å². The number of rotatable bonds is 1. The van der Waals surface area contributed by atoms with E-state index < -0.39 is 11.7 Å². The van der Waals surface area contributed by atoms with E-state index in [-0.39, 0.29) is 11.3 Å². The van der Waals surface area contributed by atoms with Crippen LogP contribution in [0.25, 0.3) is 28.1 Å². The molecular weight excluding hydrogens is 377 g/mol. The molecule has 3 aromatic rings. The first kappa shape index (κ1) is 18.4. The molecule has 7 heteroatoms. The van der Waals surface area contributed by atoms with Gasteiger partial charge in [0.05, 0.1) is 28.8 Å². The van der Waals surface area contributed by atoms with Crippen LogP contribution in [0.1, 0.15) is 22.4 Å². The summed E-state index contributed by atoms with van der Waals surface area (Å²) in [5, 5.41) is 18.6. The van der Waals surface area contributed by atoms with E-state index in [1.165, 1.54) is 6.20 Å². The highest BCUT2D eigenvalue weighted by Crippen LogP contribution is 2.44. The number of fused-ring (bicyclic) bond motifs is 3. The van der Waals surface area contributed by atoms with Crippen molar-refractivity contribution in [3.8, 4) is 34.7 Å². The molecule has 1 aliphatic carbocycles. The van der Waals surface area contributed by atoms with Gasteiger partial charge in [0.15, 0.2) is 0 Å². The molecular formula is C22H11F3N4. The average Bonchev–Trinajstić information content (AvgIpc) is 3.02. The summed E-state index contributed by atoms with van der Waals surface area (Å²) in [5.41, 5.74) is 2.71. The minimum absolute atomic E-state index is 0.0897. The first-order valence-corrected chi connectivity index (χ1v) is 8.54. The van der Waals surface area contributed by atoms with Crippen molar-refractivity contribution in [3.05, 3.63) is 76.6 Å². The van der Waals surface area contributed by atoms with Crippen LogP contribution in [0.5, 0.6) is 0 Å². The van der Waals surface area contributed by atoms with Crippen LogP contribution < -0.4 is 0 Å². The Hall–Kier alpha value is -3.97. The molecule has 0 saturated carbocycles. The topological polar surface area (TPSA) is 73.4 Å². The lowest BCUT2D eigenvalue weighted by Crippen LogP contribution is -2.05. The zero-order valence-electron chi connectivity index (χ0n) is 15.0. The predicted molar refractivity (Wildman–Crippen MR) is 99.9 cm³/mol. The average molecular weight is 388 g/mol. The Balaban J connectivity index is 1.96. The summed E-state index contributed by atoms with van der Waals surface area (Å²) >= 11 is 0. The Morgan fingerprint density at radius 1 is 0.966 bits per heavy atom. The molecule has 0 spiro atoms. The van der Waals surface area contributed by atoms with Gasteiger partial charge < -0.3 is 0 Å². The van der Waals surface area contributed by atoms with Gasteiger partial charge in [0, 0.05) is 16.7 Å². The van der Waals surface area contributed by atoms with Gasteiger partial charge in [0.2, 0.25) is 0 Å². The third kappa shape index (κ3) is 3.03. The Labute approximate surface area is 164 Å². The zero-order valence-corrected chi connectivity index (χ0v) is 15.0. The van der Waals surface area contributed by atoms with Gasteiger partial charge in [-0.2, -0.15) is 23.7 Å². The second kappa shape index (κ2) is 6.57. The minimum Gasteiger partial charge on any atom is -0.252 e. The highest BCUT2D eigenvalue weighted by Gasteiger charge is 2.32. The molecule has 4 rings (SSSR count). The van der Waals surface area contributed by atoms with E-state index >= 15 is 0 Å². The number of hydrogen-bond acceptors (Lipinski definition) is 4. The molecule has 4 nitrogen and oxygen atoms in total. The van der Waals surface area contributed by atoms with Gasteiger partial charge in [-0.3, -0.25) is 4.98 Å². The summed E-state index contributed by atoms with van der Waals surface area (Å²) in [6.07, 6.45) is -3.10. The fourth-order valence-corrected chi connectivity index (χ4v) is 3.42. The van der Waals surface area contributed by atoms with E-state index in [1.807, 2.05) is 12.1 Å². The lowest BCUT2D eigenvalue weighted by molar-refractivity contribution is -0.137. The van der Waals surface area contributed by atoms with Crippen LogP contribution in [0.15, 0.2) is 54.2 Å². The van der Waals surface area contributed by atoms with Crippen LogP contribution >= 0.6 is 0 Å². The number of nitriles is 2. The number of benzene rings is 2. The molecule has 0 atom stereocenters. The molecule has 1 heterocycles. The minimum atomic E-state index is -4.47. The zero-order chi connectivity index (χ0) is 20.8. The molecule has 29 heavy (non-hydrogen) atoms. The van der Waals surface area contributed by atoms with Gasteiger partial charge in [0.25, 0.3) is 0 Å². The Morgan fingerprint density at radius 3 is 2.31 bits per heavy atom. The van der Waals surface area contributed by atoms with Crippen molar-refractivity contribution in [2.24, 2.45) is 0 Å². The van der Waals surface area contributed by atoms with Crippen LogP contribution in [0.4, 0.5) is 13.2 Å². The number of hydrogen-bond donors (Lipinski definition) is 0. The van der Waals surface area contributed by atoms with Crippen molar-refractivity contribution < 1.29 is 13.2 Å². The number of nitrogens with zero attached hydrogens (tertiary/aromatic N) is 4. The van der Waals surface area contributed by atoms with Gasteiger partial charge in [-0.15, -0.1) is 0 Å². The van der Waals surface area contributed by atoms with Gasteiger partial charge in [-0.1, -0.05) is 24.3 Å². The van der Waals surface area contributed by atoms with E-state index in [9.17, 15) is 23.7 Å². The highest BCUT2D eigenvalue weighted by atomic mass is 19.4. The summed E-state index contributed by atoms with van der Waals surface area (Å²) in [7, 11) is 0. The Kier molecular flexibility index (Phi) is 4.17. The van der Waals surface area contributed by atoms with Crippen LogP contribution in [0, 0.1) is 29.6 Å². The number of alkyl halides is 3. The first-order valence-electron chi connectivity index (χ1n) is 8.54. The third-order valence-electron chi connectivity index (χ3n) is 4.63. The van der Waals surface area contributed by atoms with Crippen molar-refractivity contribution in [1.29, 1.82) is 10.5 Å². The van der Waals surface area contributed by atoms with E-state index in [0.29, 0.717) is 39.2 Å². The second-order valence-electron chi connectivity index (χ2n) is 6.56. The monoisotopic (exact) mass is 388 g/mol. The van der Waals surface area contributed by atoms with Crippen LogP contribution in [-0.4, -0.2) is 9.97 Å². The summed E-state index contributed by atoms with van der Waals surface area (Å²) in [5.74, 6) is 0. The molecule has 0 aliphatic heterocycles. The van der Waals surface area contributed by atoms with E-state index in [4.69, 9.17) is 0 Å². The normalized spacial score (nSPS) is 12.0. The standard InChI is InChI=1S/C22H11F3N4/c1-12-6-13(8-15(7-12)22(23,24)25)18-11-28-21-19(14(9-26)10-27)16-4-2-3-5-17(16)20(21)29-18/h2-8,11H,1H3.